The summed E-state index contributed by atoms with van der Waals surface area (Å²) in [7, 11) is 1.61. The first-order valence-corrected chi connectivity index (χ1v) is 9.99. The number of amides is 2. The molecule has 158 valence electrons. The molecule has 2 amide bonds. The lowest BCUT2D eigenvalue weighted by molar-refractivity contribution is -0.124. The Kier molecular flexibility index (Phi) is 7.54. The van der Waals surface area contributed by atoms with E-state index < -0.39 is 0 Å². The second-order valence-corrected chi connectivity index (χ2v) is 6.86. The van der Waals surface area contributed by atoms with Gasteiger partial charge in [-0.3, -0.25) is 14.5 Å². The summed E-state index contributed by atoms with van der Waals surface area (Å²) in [6.07, 6.45) is 0.0983. The summed E-state index contributed by atoms with van der Waals surface area (Å²) >= 11 is 0. The number of ether oxygens (including phenoxy) is 1. The van der Waals surface area contributed by atoms with Crippen LogP contribution in [0.5, 0.6) is 5.75 Å². The molecule has 0 aromatic heterocycles. The zero-order valence-electron chi connectivity index (χ0n) is 17.6. The van der Waals surface area contributed by atoms with Gasteiger partial charge < -0.3 is 4.74 Å². The highest BCUT2D eigenvalue weighted by Gasteiger charge is 2.18. The van der Waals surface area contributed by atoms with Gasteiger partial charge in [-0.25, -0.2) is 5.43 Å². The molecule has 0 aliphatic carbocycles. The molecule has 0 aliphatic heterocycles. The average molecular weight is 415 g/mol. The highest BCUT2D eigenvalue weighted by Crippen LogP contribution is 2.26. The maximum atomic E-state index is 13.0. The van der Waals surface area contributed by atoms with Gasteiger partial charge in [0.2, 0.25) is 11.8 Å². The van der Waals surface area contributed by atoms with Crippen molar-refractivity contribution in [3.05, 3.63) is 90.5 Å². The standard InChI is InChI=1S/C25H25N3O3/c1-19(20-13-15-23(31-2)16-14-20)26-27-24(29)17-18-25(30)28(21-9-5-3-6-10-21)22-11-7-4-8-12-22/h3-16H,17-18H2,1-2H3,(H,27,29)/b26-19+. The minimum absolute atomic E-state index is 0.0361. The average Bonchev–Trinajstić information content (AvgIpc) is 2.83. The summed E-state index contributed by atoms with van der Waals surface area (Å²) in [4.78, 5) is 26.9. The Bertz CT molecular complexity index is 993. The molecule has 0 saturated heterocycles. The van der Waals surface area contributed by atoms with Crippen molar-refractivity contribution in [2.75, 3.05) is 12.0 Å². The fourth-order valence-corrected chi connectivity index (χ4v) is 3.02. The van der Waals surface area contributed by atoms with E-state index in [0.29, 0.717) is 5.71 Å². The van der Waals surface area contributed by atoms with Gasteiger partial charge in [-0.2, -0.15) is 5.10 Å². The fourth-order valence-electron chi connectivity index (χ4n) is 3.02. The highest BCUT2D eigenvalue weighted by atomic mass is 16.5. The van der Waals surface area contributed by atoms with E-state index in [2.05, 4.69) is 10.5 Å². The second-order valence-electron chi connectivity index (χ2n) is 6.86. The summed E-state index contributed by atoms with van der Waals surface area (Å²) in [5.74, 6) is 0.270. The number of hydrogen-bond acceptors (Lipinski definition) is 4. The maximum absolute atomic E-state index is 13.0. The second kappa shape index (κ2) is 10.7. The third-order valence-corrected chi connectivity index (χ3v) is 4.70. The number of benzene rings is 3. The quantitative estimate of drug-likeness (QED) is 0.429. The van der Waals surface area contributed by atoms with Crippen molar-refractivity contribution in [1.29, 1.82) is 0 Å². The van der Waals surface area contributed by atoms with E-state index in [4.69, 9.17) is 4.74 Å². The van der Waals surface area contributed by atoms with Crippen molar-refractivity contribution in [2.45, 2.75) is 19.8 Å². The van der Waals surface area contributed by atoms with Crippen LogP contribution in [0.3, 0.4) is 0 Å². The van der Waals surface area contributed by atoms with Gasteiger partial charge in [-0.15, -0.1) is 0 Å². The molecule has 0 saturated carbocycles. The van der Waals surface area contributed by atoms with Gasteiger partial charge >= 0.3 is 0 Å². The Morgan fingerprint density at radius 1 is 0.839 bits per heavy atom. The van der Waals surface area contributed by atoms with Crippen molar-refractivity contribution >= 4 is 28.9 Å². The van der Waals surface area contributed by atoms with Crippen LogP contribution < -0.4 is 15.1 Å². The molecule has 3 aromatic rings. The molecule has 0 heterocycles. The largest absolute Gasteiger partial charge is 0.497 e. The number of carbonyl (C=O) groups excluding carboxylic acids is 2. The van der Waals surface area contributed by atoms with Gasteiger partial charge in [-0.1, -0.05) is 36.4 Å². The van der Waals surface area contributed by atoms with Crippen LogP contribution in [0.15, 0.2) is 90.0 Å². The zero-order chi connectivity index (χ0) is 22.1. The van der Waals surface area contributed by atoms with E-state index in [0.717, 1.165) is 22.7 Å². The Hall–Kier alpha value is -3.93. The van der Waals surface area contributed by atoms with Gasteiger partial charge in [0, 0.05) is 24.2 Å². The predicted octanol–water partition coefficient (Wildman–Crippen LogP) is 4.68. The third-order valence-electron chi connectivity index (χ3n) is 4.70. The highest BCUT2D eigenvalue weighted by molar-refractivity contribution is 6.02. The number of rotatable bonds is 8. The molecule has 0 aliphatic rings. The molecule has 0 unspecified atom stereocenters. The summed E-state index contributed by atoms with van der Waals surface area (Å²) < 4.78 is 5.14. The minimum atomic E-state index is -0.317. The Balaban J connectivity index is 1.62. The first kappa shape index (κ1) is 21.8. The molecule has 0 radical (unpaired) electrons. The van der Waals surface area contributed by atoms with Gasteiger partial charge in [0.05, 0.1) is 12.8 Å². The molecule has 3 aromatic carbocycles. The monoisotopic (exact) mass is 415 g/mol. The number of hydrazone groups is 1. The summed E-state index contributed by atoms with van der Waals surface area (Å²) in [6, 6.07) is 26.2. The molecular weight excluding hydrogens is 390 g/mol. The van der Waals surface area contributed by atoms with Gasteiger partial charge in [0.25, 0.3) is 0 Å². The lowest BCUT2D eigenvalue weighted by atomic mass is 10.1. The Morgan fingerprint density at radius 3 is 1.90 bits per heavy atom. The van der Waals surface area contributed by atoms with Crippen LogP contribution in [0, 0.1) is 0 Å². The Morgan fingerprint density at radius 2 is 1.39 bits per heavy atom. The van der Waals surface area contributed by atoms with Crippen molar-refractivity contribution in [1.82, 2.24) is 5.43 Å². The van der Waals surface area contributed by atoms with Crippen molar-refractivity contribution in [3.8, 4) is 5.75 Å². The predicted molar refractivity (Wildman–Crippen MR) is 123 cm³/mol. The van der Waals surface area contributed by atoms with Gasteiger partial charge in [-0.05, 0) is 61.0 Å². The summed E-state index contributed by atoms with van der Waals surface area (Å²) in [6.45, 7) is 1.81. The molecule has 0 atom stereocenters. The fraction of sp³-hybridized carbons (Fsp3) is 0.160. The molecule has 6 nitrogen and oxygen atoms in total. The van der Waals surface area contributed by atoms with Crippen molar-refractivity contribution in [3.63, 3.8) is 0 Å². The number of para-hydroxylation sites is 2. The summed E-state index contributed by atoms with van der Waals surface area (Å²) in [5, 5.41) is 4.14. The minimum Gasteiger partial charge on any atom is -0.497 e. The van der Waals surface area contributed by atoms with Crippen molar-refractivity contribution in [2.24, 2.45) is 5.10 Å². The van der Waals surface area contributed by atoms with Crippen LogP contribution in [0.1, 0.15) is 25.3 Å². The molecule has 3 rings (SSSR count). The lowest BCUT2D eigenvalue weighted by Crippen LogP contribution is -2.28. The Labute approximate surface area is 182 Å². The molecule has 0 spiro atoms. The molecule has 1 N–H and O–H groups in total. The number of nitrogens with zero attached hydrogens (tertiary/aromatic N) is 2. The van der Waals surface area contributed by atoms with Crippen LogP contribution in [-0.2, 0) is 9.59 Å². The first-order valence-electron chi connectivity index (χ1n) is 9.99. The lowest BCUT2D eigenvalue weighted by Gasteiger charge is -2.23. The SMILES string of the molecule is COc1ccc(/C(C)=N/NC(=O)CCC(=O)N(c2ccccc2)c2ccccc2)cc1. The van der Waals surface area contributed by atoms with E-state index in [-0.39, 0.29) is 24.7 Å². The maximum Gasteiger partial charge on any atom is 0.240 e. The first-order chi connectivity index (χ1) is 15.1. The van der Waals surface area contributed by atoms with Gasteiger partial charge in [0.15, 0.2) is 0 Å². The number of carbonyl (C=O) groups is 2. The van der Waals surface area contributed by atoms with Crippen LogP contribution in [0.25, 0.3) is 0 Å². The van der Waals surface area contributed by atoms with E-state index in [1.807, 2.05) is 84.9 Å². The molecule has 31 heavy (non-hydrogen) atoms. The van der Waals surface area contributed by atoms with E-state index >= 15 is 0 Å². The van der Waals surface area contributed by atoms with E-state index in [1.54, 1.807) is 18.9 Å². The molecule has 0 bridgehead atoms. The van der Waals surface area contributed by atoms with Gasteiger partial charge in [0.1, 0.15) is 5.75 Å². The normalized spacial score (nSPS) is 11.0. The third kappa shape index (κ3) is 6.02. The van der Waals surface area contributed by atoms with Crippen LogP contribution in [0.2, 0.25) is 0 Å². The van der Waals surface area contributed by atoms with Crippen LogP contribution in [0.4, 0.5) is 11.4 Å². The number of methoxy groups -OCH3 is 1. The molecule has 6 heteroatoms. The zero-order valence-corrected chi connectivity index (χ0v) is 17.6. The van der Waals surface area contributed by atoms with Crippen LogP contribution >= 0.6 is 0 Å². The smallest absolute Gasteiger partial charge is 0.240 e. The van der Waals surface area contributed by atoms with Crippen molar-refractivity contribution < 1.29 is 14.3 Å². The van der Waals surface area contributed by atoms with E-state index in [9.17, 15) is 9.59 Å². The van der Waals surface area contributed by atoms with E-state index in [1.165, 1.54) is 0 Å². The topological polar surface area (TPSA) is 71.0 Å². The molecular formula is C25H25N3O3. The molecule has 0 fully saturated rings. The number of nitrogens with one attached hydrogen (secondary N) is 1. The summed E-state index contributed by atoms with van der Waals surface area (Å²) in [5.41, 5.74) is 5.58. The number of hydrogen-bond donors (Lipinski definition) is 1. The number of anilines is 2. The van der Waals surface area contributed by atoms with Crippen LogP contribution in [-0.4, -0.2) is 24.6 Å².